The molecule has 1 aliphatic carbocycles. The maximum absolute atomic E-state index is 2.91. The molecule has 2 unspecified atom stereocenters. The molecule has 0 spiro atoms. The highest BCUT2D eigenvalue weighted by molar-refractivity contribution is 7.20. The van der Waals surface area contributed by atoms with Gasteiger partial charge in [-0.15, -0.1) is 0 Å². The fraction of sp³-hybridized carbons (Fsp3) is 0.114. The van der Waals surface area contributed by atoms with Gasteiger partial charge in [0.1, 0.15) is 0 Å². The first kappa shape index (κ1) is 57.6. The average Bonchev–Trinajstić information content (AvgIpc) is 1.45. The van der Waals surface area contributed by atoms with E-state index < -0.39 is 16.1 Å². The van der Waals surface area contributed by atoms with E-state index in [9.17, 15) is 0 Å². The minimum atomic E-state index is -2.89. The van der Waals surface area contributed by atoms with E-state index in [2.05, 4.69) is 370 Å². The summed E-state index contributed by atoms with van der Waals surface area (Å²) in [5.74, 6) is 0. The first-order valence-electron chi connectivity index (χ1n) is 33.7. The maximum atomic E-state index is 2.91. The summed E-state index contributed by atoms with van der Waals surface area (Å²) >= 11 is 0. The van der Waals surface area contributed by atoms with Gasteiger partial charge in [-0.3, -0.25) is 0 Å². The summed E-state index contributed by atoms with van der Waals surface area (Å²) in [6.45, 7) is 9.84. The molecule has 0 radical (unpaired) electrons. The molecule has 0 bridgehead atoms. The third-order valence-corrected chi connectivity index (χ3v) is 31.9. The van der Waals surface area contributed by atoms with Gasteiger partial charge in [-0.05, 0) is 168 Å². The van der Waals surface area contributed by atoms with Gasteiger partial charge in [0.25, 0.3) is 6.71 Å². The molecule has 1 fully saturated rings. The van der Waals surface area contributed by atoms with Crippen LogP contribution in [0.3, 0.4) is 0 Å². The second kappa shape index (κ2) is 22.8. The van der Waals surface area contributed by atoms with Gasteiger partial charge in [0.2, 0.25) is 0 Å². The van der Waals surface area contributed by atoms with Crippen molar-refractivity contribution in [3.05, 3.63) is 344 Å². The molecule has 13 aromatic rings. The summed E-state index contributed by atoms with van der Waals surface area (Å²) in [6.07, 6.45) is 4.62. The topological polar surface area (TPSA) is 9.72 Å². The van der Waals surface area contributed by atoms with Crippen molar-refractivity contribution in [1.29, 1.82) is 0 Å². The lowest BCUT2D eigenvalue weighted by molar-refractivity contribution is 0.195. The first-order valence-corrected chi connectivity index (χ1v) is 37.7. The molecule has 2 atom stereocenters. The Morgan fingerprint density at radius 3 is 1.23 bits per heavy atom. The highest BCUT2D eigenvalue weighted by Crippen LogP contribution is 2.63. The fourth-order valence-electron chi connectivity index (χ4n) is 17.8. The van der Waals surface area contributed by atoms with Crippen molar-refractivity contribution in [3.8, 4) is 11.1 Å². The third-order valence-electron chi connectivity index (χ3n) is 22.3. The van der Waals surface area contributed by atoms with Gasteiger partial charge in [-0.1, -0.05) is 299 Å². The van der Waals surface area contributed by atoms with Crippen molar-refractivity contribution >= 4 is 126 Å². The largest absolute Gasteiger partial charge is 0.335 e. The Morgan fingerprint density at radius 2 is 0.755 bits per heavy atom. The zero-order chi connectivity index (χ0) is 63.2. The van der Waals surface area contributed by atoms with Gasteiger partial charge in [-0.2, -0.15) is 0 Å². The summed E-state index contributed by atoms with van der Waals surface area (Å²) in [5, 5.41) is 10.8. The number of aryl methyl sites for hydroxylation is 2. The normalized spacial score (nSPS) is 16.8. The van der Waals surface area contributed by atoms with Crippen molar-refractivity contribution in [2.75, 3.05) is 14.7 Å². The second-order valence-electron chi connectivity index (χ2n) is 27.1. The lowest BCUT2D eigenvalue weighted by atomic mass is 9.33. The summed E-state index contributed by atoms with van der Waals surface area (Å²) < 4.78 is 0. The van der Waals surface area contributed by atoms with Crippen LogP contribution >= 0.6 is 0 Å². The number of fused-ring (bicyclic) bond motifs is 7. The molecule has 4 aliphatic rings. The van der Waals surface area contributed by atoms with Crippen LogP contribution in [0.4, 0.5) is 45.5 Å². The molecule has 3 aliphatic heterocycles. The lowest BCUT2D eigenvalue weighted by Gasteiger charge is -2.53. The number of anilines is 8. The molecule has 0 amide bonds. The van der Waals surface area contributed by atoms with Crippen molar-refractivity contribution in [2.45, 2.75) is 64.3 Å². The van der Waals surface area contributed by atoms with E-state index >= 15 is 0 Å². The zero-order valence-corrected chi connectivity index (χ0v) is 55.9. The number of benzene rings is 13. The summed E-state index contributed by atoms with van der Waals surface area (Å²) in [7, 11) is -5.79. The molecule has 0 saturated heterocycles. The number of para-hydroxylation sites is 2. The van der Waals surface area contributed by atoms with Crippen molar-refractivity contribution in [2.24, 2.45) is 0 Å². The van der Waals surface area contributed by atoms with Crippen LogP contribution in [0.25, 0.3) is 11.1 Å². The van der Waals surface area contributed by atoms with Gasteiger partial charge in [0.05, 0.1) is 11.2 Å². The molecular formula is C88H74BN3Si2. The Balaban J connectivity index is 0.958. The minimum absolute atomic E-state index is 0.0265. The highest BCUT2D eigenvalue weighted by atomic mass is 28.3. The molecule has 0 aromatic heterocycles. The van der Waals surface area contributed by atoms with Gasteiger partial charge in [-0.25, -0.2) is 0 Å². The average molecular weight is 1240 g/mol. The number of hydrogen-bond acceptors (Lipinski definition) is 3. The van der Waals surface area contributed by atoms with E-state index in [-0.39, 0.29) is 17.7 Å². The predicted molar refractivity (Wildman–Crippen MR) is 405 cm³/mol. The van der Waals surface area contributed by atoms with E-state index in [1.165, 1.54) is 127 Å². The Hall–Kier alpha value is -10.2. The Labute approximate surface area is 557 Å². The lowest BCUT2D eigenvalue weighted by Crippen LogP contribution is -2.74. The van der Waals surface area contributed by atoms with E-state index in [0.29, 0.717) is 0 Å². The van der Waals surface area contributed by atoms with Crippen LogP contribution in [-0.4, -0.2) is 28.4 Å². The van der Waals surface area contributed by atoms with Crippen LogP contribution in [0.15, 0.2) is 328 Å². The van der Waals surface area contributed by atoms with E-state index in [0.717, 1.165) is 29.9 Å². The van der Waals surface area contributed by atoms with Crippen LogP contribution in [-0.2, 0) is 5.41 Å². The summed E-state index contributed by atoms with van der Waals surface area (Å²) in [6, 6.07) is 125. The molecule has 3 nitrogen and oxygen atoms in total. The predicted octanol–water partition coefficient (Wildman–Crippen LogP) is 14.5. The number of nitrogens with zero attached hydrogens (tertiary/aromatic N) is 3. The van der Waals surface area contributed by atoms with Crippen molar-refractivity contribution < 1.29 is 0 Å². The molecular weight excluding hydrogens is 1170 g/mol. The van der Waals surface area contributed by atoms with Crippen LogP contribution in [0.2, 0.25) is 0 Å². The van der Waals surface area contributed by atoms with E-state index in [1.807, 2.05) is 0 Å². The van der Waals surface area contributed by atoms with E-state index in [4.69, 9.17) is 0 Å². The Kier molecular flexibility index (Phi) is 14.0. The molecule has 94 heavy (non-hydrogen) atoms. The number of hydrogen-bond donors (Lipinski definition) is 0. The molecule has 13 aromatic carbocycles. The SMILES string of the molecule is Cc1ccccc1N1c2cc(N(c3ccc([Si](c4ccccc4)(c4ccccc4)c4ccccc4)cc3)c3ccc([Si](c4ccccc4)(c4ccccc4)c4ccccc4)cc3)cc3c2B(c2cccc(C)c21)c1cc(-c2ccccc2)cc2c1N3C1(C)CCCCC21C. The quantitative estimate of drug-likeness (QED) is 0.0841. The number of rotatable bonds is 13. The minimum Gasteiger partial charge on any atom is -0.335 e. The van der Waals surface area contributed by atoms with Crippen LogP contribution < -0.4 is 72.6 Å². The molecule has 452 valence electrons. The fourth-order valence-corrected chi connectivity index (χ4v) is 27.3. The van der Waals surface area contributed by atoms with Gasteiger partial charge < -0.3 is 14.7 Å². The van der Waals surface area contributed by atoms with Gasteiger partial charge in [0, 0.05) is 45.2 Å². The van der Waals surface area contributed by atoms with Crippen LogP contribution in [0.1, 0.15) is 56.2 Å². The first-order chi connectivity index (χ1) is 46.2. The van der Waals surface area contributed by atoms with Crippen LogP contribution in [0.5, 0.6) is 0 Å². The smallest absolute Gasteiger partial charge is 0.252 e. The van der Waals surface area contributed by atoms with Crippen molar-refractivity contribution in [1.82, 2.24) is 0 Å². The molecule has 6 heteroatoms. The van der Waals surface area contributed by atoms with E-state index in [1.54, 1.807) is 0 Å². The highest BCUT2D eigenvalue weighted by Gasteiger charge is 2.62. The Bertz CT molecular complexity index is 4600. The van der Waals surface area contributed by atoms with Crippen LogP contribution in [0, 0.1) is 13.8 Å². The molecule has 3 heterocycles. The third kappa shape index (κ3) is 8.62. The summed E-state index contributed by atoms with van der Waals surface area (Å²) in [4.78, 5) is 8.17. The molecule has 1 saturated carbocycles. The monoisotopic (exact) mass is 1240 g/mol. The maximum Gasteiger partial charge on any atom is 0.252 e. The molecule has 0 N–H and O–H groups in total. The Morgan fingerprint density at radius 1 is 0.340 bits per heavy atom. The zero-order valence-electron chi connectivity index (χ0n) is 53.9. The van der Waals surface area contributed by atoms with Crippen molar-refractivity contribution in [3.63, 3.8) is 0 Å². The van der Waals surface area contributed by atoms with Gasteiger partial charge in [0.15, 0.2) is 16.1 Å². The molecule has 17 rings (SSSR count). The second-order valence-corrected chi connectivity index (χ2v) is 34.7. The van der Waals surface area contributed by atoms with Gasteiger partial charge >= 0.3 is 0 Å². The standard InChI is InChI=1S/C88H74BN3Si2/c1-63-31-26-27-48-81(63)91-82-61-69(62-83-84(82)89(79-47-30-32-64(2)85(79)91)80-60-66(65-33-12-5-13-34-65)59-78-86(80)92(83)88(4)58-29-28-57-87(78,88)3)90(67-49-53-76(54-50-67)93(70-35-14-6-15-36-70,71-37-16-7-17-38-71)72-39-18-8-19-40-72)68-51-55-77(56-52-68)94(73-41-20-9-21-42-73,74-43-22-10-23-44-74)75-45-24-11-25-46-75/h5-27,30-56,59-62H,28-29,57-58H2,1-4H3. The summed E-state index contributed by atoms with van der Waals surface area (Å²) in [5.41, 5.74) is 20.1.